The van der Waals surface area contributed by atoms with E-state index in [-0.39, 0.29) is 0 Å². The summed E-state index contributed by atoms with van der Waals surface area (Å²) in [7, 11) is 1.60. The molecule has 3 nitrogen and oxygen atoms in total. The lowest BCUT2D eigenvalue weighted by atomic mass is 10.0. The zero-order valence-electron chi connectivity index (χ0n) is 12.8. The first kappa shape index (κ1) is 16.7. The van der Waals surface area contributed by atoms with Crippen molar-refractivity contribution >= 4 is 23.3 Å². The summed E-state index contributed by atoms with van der Waals surface area (Å²) < 4.78 is 10.7. The fourth-order valence-electron chi connectivity index (χ4n) is 2.02. The first-order valence-corrected chi connectivity index (χ1v) is 7.35. The normalized spacial score (nSPS) is 10.7. The molecule has 0 aliphatic heterocycles. The molecule has 2 rings (SSSR count). The van der Waals surface area contributed by atoms with Crippen molar-refractivity contribution < 1.29 is 9.47 Å². The number of nitrogens with zero attached hydrogens (tertiary/aromatic N) is 1. The monoisotopic (exact) mass is 325 g/mol. The van der Waals surface area contributed by atoms with Crippen LogP contribution in [0, 0.1) is 11.3 Å². The summed E-state index contributed by atoms with van der Waals surface area (Å²) in [6, 6.07) is 14.8. The second-order valence-corrected chi connectivity index (χ2v) is 5.12. The first-order chi connectivity index (χ1) is 11.2. The third kappa shape index (κ3) is 4.38. The second-order valence-electron chi connectivity index (χ2n) is 4.68. The molecule has 0 atom stereocenters. The van der Waals surface area contributed by atoms with Gasteiger partial charge in [0.05, 0.1) is 18.8 Å². The lowest BCUT2D eigenvalue weighted by Crippen LogP contribution is -1.95. The number of ether oxygens (including phenoxy) is 2. The van der Waals surface area contributed by atoms with E-state index in [4.69, 9.17) is 21.1 Å². The van der Waals surface area contributed by atoms with Crippen molar-refractivity contribution in [3.05, 3.63) is 71.3 Å². The quantitative estimate of drug-likeness (QED) is 0.427. The van der Waals surface area contributed by atoms with Gasteiger partial charge in [-0.05, 0) is 54.1 Å². The second kappa shape index (κ2) is 8.07. The number of allylic oxidation sites excluding steroid dienone is 1. The van der Waals surface area contributed by atoms with Gasteiger partial charge in [0, 0.05) is 10.6 Å². The number of hydrogen-bond donors (Lipinski definition) is 0. The van der Waals surface area contributed by atoms with E-state index < -0.39 is 0 Å². The molecule has 0 aliphatic carbocycles. The highest BCUT2D eigenvalue weighted by molar-refractivity contribution is 6.30. The van der Waals surface area contributed by atoms with Crippen LogP contribution in [-0.4, -0.2) is 13.7 Å². The lowest BCUT2D eigenvalue weighted by molar-refractivity contribution is 0.362. The Hall–Kier alpha value is -2.70. The Morgan fingerprint density at radius 1 is 1.26 bits per heavy atom. The molecule has 0 aromatic heterocycles. The highest BCUT2D eigenvalue weighted by Gasteiger charge is 2.07. The van der Waals surface area contributed by atoms with E-state index >= 15 is 0 Å². The maximum Gasteiger partial charge on any atom is 0.127 e. The molecule has 0 bridgehead atoms. The van der Waals surface area contributed by atoms with Crippen molar-refractivity contribution in [1.29, 1.82) is 5.26 Å². The van der Waals surface area contributed by atoms with E-state index in [1.165, 1.54) is 0 Å². The van der Waals surface area contributed by atoms with Crippen LogP contribution in [0.5, 0.6) is 11.5 Å². The average molecular weight is 326 g/mol. The largest absolute Gasteiger partial charge is 0.497 e. The van der Waals surface area contributed by atoms with Crippen LogP contribution in [0.15, 0.2) is 55.1 Å². The molecule has 0 saturated carbocycles. The molecule has 0 radical (unpaired) electrons. The Balaban J connectivity index is 2.42. The number of methoxy groups -OCH3 is 1. The zero-order valence-corrected chi connectivity index (χ0v) is 13.5. The minimum absolute atomic E-state index is 0.382. The minimum atomic E-state index is 0.382. The zero-order chi connectivity index (χ0) is 16.7. The van der Waals surface area contributed by atoms with E-state index in [1.54, 1.807) is 37.5 Å². The Morgan fingerprint density at radius 2 is 2.00 bits per heavy atom. The molecule has 0 amide bonds. The number of benzene rings is 2. The Morgan fingerprint density at radius 3 is 2.61 bits per heavy atom. The number of hydrogen-bond acceptors (Lipinski definition) is 3. The average Bonchev–Trinajstić information content (AvgIpc) is 2.59. The van der Waals surface area contributed by atoms with E-state index in [1.807, 2.05) is 24.3 Å². The molecule has 0 N–H and O–H groups in total. The van der Waals surface area contributed by atoms with E-state index in [0.29, 0.717) is 23.0 Å². The van der Waals surface area contributed by atoms with Crippen molar-refractivity contribution in [1.82, 2.24) is 0 Å². The van der Waals surface area contributed by atoms with Crippen molar-refractivity contribution in [2.45, 2.75) is 0 Å². The van der Waals surface area contributed by atoms with Crippen LogP contribution in [0.3, 0.4) is 0 Å². The van der Waals surface area contributed by atoms with Crippen molar-refractivity contribution in [2.75, 3.05) is 13.7 Å². The van der Waals surface area contributed by atoms with Gasteiger partial charge in [-0.15, -0.1) is 0 Å². The highest BCUT2D eigenvalue weighted by Crippen LogP contribution is 2.28. The van der Waals surface area contributed by atoms with Crippen molar-refractivity contribution in [3.8, 4) is 17.6 Å². The van der Waals surface area contributed by atoms with Gasteiger partial charge in [-0.3, -0.25) is 0 Å². The van der Waals surface area contributed by atoms with Gasteiger partial charge in [-0.1, -0.05) is 24.3 Å². The molecule has 0 fully saturated rings. The van der Waals surface area contributed by atoms with Gasteiger partial charge < -0.3 is 9.47 Å². The van der Waals surface area contributed by atoms with Crippen LogP contribution in [0.1, 0.15) is 11.1 Å². The van der Waals surface area contributed by atoms with Crippen LogP contribution in [0.25, 0.3) is 11.6 Å². The van der Waals surface area contributed by atoms with Crippen LogP contribution >= 0.6 is 11.6 Å². The summed E-state index contributed by atoms with van der Waals surface area (Å²) in [5.41, 5.74) is 2.05. The Kier molecular flexibility index (Phi) is 5.85. The minimum Gasteiger partial charge on any atom is -0.497 e. The van der Waals surface area contributed by atoms with E-state index in [0.717, 1.165) is 16.9 Å². The molecule has 0 heterocycles. The predicted octanol–water partition coefficient (Wildman–Crippen LogP) is 4.98. The predicted molar refractivity (Wildman–Crippen MR) is 93.6 cm³/mol. The molecule has 0 saturated heterocycles. The van der Waals surface area contributed by atoms with Gasteiger partial charge in [0.2, 0.25) is 0 Å². The fourth-order valence-corrected chi connectivity index (χ4v) is 2.20. The molecule has 2 aromatic rings. The SMILES string of the molecule is C=CCOc1ccc(Cl)cc1/C=C(\C#N)c1ccc(OC)cc1. The third-order valence-corrected chi connectivity index (χ3v) is 3.38. The standard InChI is InChI=1S/C19H16ClNO2/c1-3-10-23-19-9-6-17(20)12-15(19)11-16(13-21)14-4-7-18(22-2)8-5-14/h3-9,11-12H,1,10H2,2H3/b16-11+. The van der Waals surface area contributed by atoms with Crippen molar-refractivity contribution in [2.24, 2.45) is 0 Å². The number of nitriles is 1. The van der Waals surface area contributed by atoms with Crippen LogP contribution in [0.2, 0.25) is 5.02 Å². The first-order valence-electron chi connectivity index (χ1n) is 6.97. The lowest BCUT2D eigenvalue weighted by Gasteiger charge is -2.09. The summed E-state index contributed by atoms with van der Waals surface area (Å²) in [4.78, 5) is 0. The van der Waals surface area contributed by atoms with Crippen LogP contribution in [0.4, 0.5) is 0 Å². The van der Waals surface area contributed by atoms with E-state index in [9.17, 15) is 5.26 Å². The summed E-state index contributed by atoms with van der Waals surface area (Å²) >= 11 is 6.06. The van der Waals surface area contributed by atoms with Crippen LogP contribution < -0.4 is 9.47 Å². The molecule has 23 heavy (non-hydrogen) atoms. The topological polar surface area (TPSA) is 42.2 Å². The molecule has 116 valence electrons. The Bertz CT molecular complexity index is 758. The molecule has 0 unspecified atom stereocenters. The summed E-state index contributed by atoms with van der Waals surface area (Å²) in [6.45, 7) is 4.02. The molecule has 4 heteroatoms. The smallest absolute Gasteiger partial charge is 0.127 e. The maximum atomic E-state index is 9.46. The third-order valence-electron chi connectivity index (χ3n) is 3.15. The Labute approximate surface area is 141 Å². The fraction of sp³-hybridized carbons (Fsp3) is 0.105. The summed E-state index contributed by atoms with van der Waals surface area (Å²) in [5.74, 6) is 1.39. The van der Waals surface area contributed by atoms with E-state index in [2.05, 4.69) is 12.6 Å². The van der Waals surface area contributed by atoms with Gasteiger partial charge in [0.1, 0.15) is 18.1 Å². The van der Waals surface area contributed by atoms with Gasteiger partial charge in [-0.25, -0.2) is 0 Å². The number of halogens is 1. The van der Waals surface area contributed by atoms with Crippen molar-refractivity contribution in [3.63, 3.8) is 0 Å². The number of rotatable bonds is 6. The molecular weight excluding hydrogens is 310 g/mol. The van der Waals surface area contributed by atoms with Crippen LogP contribution in [-0.2, 0) is 0 Å². The summed E-state index contributed by atoms with van der Waals surface area (Å²) in [6.07, 6.45) is 3.42. The van der Waals surface area contributed by atoms with Gasteiger partial charge in [-0.2, -0.15) is 5.26 Å². The maximum absolute atomic E-state index is 9.46. The van der Waals surface area contributed by atoms with Gasteiger partial charge in [0.25, 0.3) is 0 Å². The molecule has 0 spiro atoms. The van der Waals surface area contributed by atoms with Gasteiger partial charge in [0.15, 0.2) is 0 Å². The molecule has 0 aliphatic rings. The van der Waals surface area contributed by atoms with Gasteiger partial charge >= 0.3 is 0 Å². The molecular formula is C19H16ClNO2. The highest BCUT2D eigenvalue weighted by atomic mass is 35.5. The summed E-state index contributed by atoms with van der Waals surface area (Å²) in [5, 5.41) is 10.0. The molecule has 2 aromatic carbocycles.